The van der Waals surface area contributed by atoms with E-state index in [-0.39, 0.29) is 11.3 Å². The van der Waals surface area contributed by atoms with Crippen LogP contribution in [0.15, 0.2) is 0 Å². The summed E-state index contributed by atoms with van der Waals surface area (Å²) in [5.74, 6) is 3.27. The predicted octanol–water partition coefficient (Wildman–Crippen LogP) is 8.46. The highest BCUT2D eigenvalue weighted by atomic mass is 16.1. The smallest absolute Gasteiger partial charge is 0.136 e. The molecule has 31 heavy (non-hydrogen) atoms. The summed E-state index contributed by atoms with van der Waals surface area (Å²) in [7, 11) is 0. The van der Waals surface area contributed by atoms with Gasteiger partial charge >= 0.3 is 0 Å². The van der Waals surface area contributed by atoms with Gasteiger partial charge in [0.1, 0.15) is 5.78 Å². The van der Waals surface area contributed by atoms with Crippen LogP contribution in [0.4, 0.5) is 0 Å². The lowest BCUT2D eigenvalue weighted by Gasteiger charge is -2.74. The summed E-state index contributed by atoms with van der Waals surface area (Å²) >= 11 is 0. The van der Waals surface area contributed by atoms with Gasteiger partial charge in [-0.1, -0.05) is 55.4 Å². The summed E-state index contributed by atoms with van der Waals surface area (Å²) in [6.07, 6.45) is 14.6. The topological polar surface area (TPSA) is 17.1 Å². The fraction of sp³-hybridized carbons (Fsp3) is 0.967. The van der Waals surface area contributed by atoms with Gasteiger partial charge in [0, 0.05) is 12.3 Å². The fourth-order valence-corrected chi connectivity index (χ4v) is 11.2. The molecule has 0 saturated heterocycles. The fourth-order valence-electron chi connectivity index (χ4n) is 11.2. The van der Waals surface area contributed by atoms with E-state index in [4.69, 9.17) is 0 Å². The first-order valence-corrected chi connectivity index (χ1v) is 13.7. The number of carbonyl (C=O) groups excluding carboxylic acids is 1. The minimum atomic E-state index is 0.237. The Bertz CT molecular complexity index is 781. The third kappa shape index (κ3) is 2.70. The molecule has 0 aromatic heterocycles. The van der Waals surface area contributed by atoms with Gasteiger partial charge in [-0.2, -0.15) is 0 Å². The average Bonchev–Trinajstić information content (AvgIpc) is 2.69. The molecule has 0 amide bonds. The standard InChI is InChI=1S/C30H50O/c1-20-21(31)9-10-22-27(20,5)12-11-23-28(22,6)16-18-30(8)24-19-25(2,3)13-14-26(24,4)15-17-29(23,30)7/h20,22-24H,9-19H2,1-8H3/t20-,22-,23-,24+,26-,27-,28-,29-,30-/m1/s1. The highest BCUT2D eigenvalue weighted by Crippen LogP contribution is 2.78. The summed E-state index contributed by atoms with van der Waals surface area (Å²) in [6.45, 7) is 20.7. The summed E-state index contributed by atoms with van der Waals surface area (Å²) in [6, 6.07) is 0. The van der Waals surface area contributed by atoms with Gasteiger partial charge in [-0.3, -0.25) is 4.79 Å². The molecule has 0 aromatic rings. The quantitative estimate of drug-likeness (QED) is 0.379. The molecule has 0 radical (unpaired) electrons. The number of ketones is 1. The molecule has 1 nitrogen and oxygen atoms in total. The van der Waals surface area contributed by atoms with Gasteiger partial charge < -0.3 is 0 Å². The SMILES string of the molecule is C[C@@H]1C(=O)CC[C@@H]2[C@]1(C)CC[C@@H]1[C@]2(C)CC[C@]2(C)[C@H]3CC(C)(C)CC[C@]3(C)CC[C@]12C. The van der Waals surface area contributed by atoms with Crippen LogP contribution in [0.2, 0.25) is 0 Å². The van der Waals surface area contributed by atoms with E-state index in [2.05, 4.69) is 55.4 Å². The van der Waals surface area contributed by atoms with Crippen LogP contribution in [0.3, 0.4) is 0 Å². The van der Waals surface area contributed by atoms with E-state index in [0.29, 0.717) is 32.9 Å². The Morgan fingerprint density at radius 3 is 1.97 bits per heavy atom. The van der Waals surface area contributed by atoms with E-state index in [9.17, 15) is 4.79 Å². The third-order valence-electron chi connectivity index (χ3n) is 13.7. The molecule has 9 atom stereocenters. The Morgan fingerprint density at radius 2 is 1.26 bits per heavy atom. The summed E-state index contributed by atoms with van der Waals surface area (Å²) < 4.78 is 0. The van der Waals surface area contributed by atoms with Crippen LogP contribution < -0.4 is 0 Å². The highest BCUT2D eigenvalue weighted by molar-refractivity contribution is 5.82. The van der Waals surface area contributed by atoms with E-state index < -0.39 is 0 Å². The largest absolute Gasteiger partial charge is 0.299 e. The highest BCUT2D eigenvalue weighted by Gasteiger charge is 2.70. The first-order valence-electron chi connectivity index (χ1n) is 13.7. The summed E-state index contributed by atoms with van der Waals surface area (Å²) in [4.78, 5) is 12.7. The lowest BCUT2D eigenvalue weighted by molar-refractivity contribution is -0.256. The maximum Gasteiger partial charge on any atom is 0.136 e. The van der Waals surface area contributed by atoms with Crippen molar-refractivity contribution in [2.75, 3.05) is 0 Å². The van der Waals surface area contributed by atoms with Crippen molar-refractivity contribution >= 4 is 5.78 Å². The monoisotopic (exact) mass is 426 g/mol. The molecule has 176 valence electrons. The third-order valence-corrected chi connectivity index (χ3v) is 13.7. The van der Waals surface area contributed by atoms with Gasteiger partial charge in [0.25, 0.3) is 0 Å². The van der Waals surface area contributed by atoms with E-state index in [0.717, 1.165) is 30.6 Å². The van der Waals surface area contributed by atoms with Crippen LogP contribution in [0.25, 0.3) is 0 Å². The normalized spacial score (nSPS) is 58.5. The van der Waals surface area contributed by atoms with Crippen LogP contribution in [0.5, 0.6) is 0 Å². The first-order chi connectivity index (χ1) is 14.2. The zero-order valence-corrected chi connectivity index (χ0v) is 22.0. The second-order valence-electron chi connectivity index (χ2n) is 15.3. The molecule has 0 aliphatic heterocycles. The molecule has 5 aliphatic carbocycles. The summed E-state index contributed by atoms with van der Waals surface area (Å²) in [5, 5.41) is 0. The van der Waals surface area contributed by atoms with E-state index in [1.54, 1.807) is 0 Å². The molecule has 5 fully saturated rings. The molecule has 0 bridgehead atoms. The molecule has 5 saturated carbocycles. The first kappa shape index (κ1) is 22.5. The van der Waals surface area contributed by atoms with Crippen molar-refractivity contribution in [3.05, 3.63) is 0 Å². The van der Waals surface area contributed by atoms with Crippen LogP contribution in [-0.4, -0.2) is 5.78 Å². The Kier molecular flexibility index (Phi) is 4.65. The number of hydrogen-bond donors (Lipinski definition) is 0. The molecule has 5 rings (SSSR count). The number of carbonyl (C=O) groups is 1. The van der Waals surface area contributed by atoms with Crippen molar-refractivity contribution in [2.24, 2.45) is 56.2 Å². The van der Waals surface area contributed by atoms with Crippen LogP contribution in [0, 0.1) is 56.2 Å². The van der Waals surface area contributed by atoms with Gasteiger partial charge in [0.2, 0.25) is 0 Å². The van der Waals surface area contributed by atoms with Crippen molar-refractivity contribution in [3.63, 3.8) is 0 Å². The van der Waals surface area contributed by atoms with E-state index in [1.165, 1.54) is 57.8 Å². The molecule has 0 spiro atoms. The molecule has 5 aliphatic rings. The summed E-state index contributed by atoms with van der Waals surface area (Å²) in [5.41, 5.74) is 2.67. The lowest BCUT2D eigenvalue weighted by atomic mass is 9.30. The zero-order valence-electron chi connectivity index (χ0n) is 22.0. The number of rotatable bonds is 0. The Morgan fingerprint density at radius 1 is 0.645 bits per heavy atom. The second-order valence-corrected chi connectivity index (χ2v) is 15.3. The van der Waals surface area contributed by atoms with E-state index >= 15 is 0 Å². The molecular formula is C30H50O. The van der Waals surface area contributed by atoms with Crippen molar-refractivity contribution in [2.45, 2.75) is 126 Å². The second kappa shape index (κ2) is 6.41. The zero-order chi connectivity index (χ0) is 22.7. The Hall–Kier alpha value is -0.330. The minimum Gasteiger partial charge on any atom is -0.299 e. The van der Waals surface area contributed by atoms with Gasteiger partial charge in [0.15, 0.2) is 0 Å². The molecule has 0 N–H and O–H groups in total. The van der Waals surface area contributed by atoms with Crippen molar-refractivity contribution in [1.29, 1.82) is 0 Å². The molecule has 0 unspecified atom stereocenters. The van der Waals surface area contributed by atoms with Crippen LogP contribution >= 0.6 is 0 Å². The van der Waals surface area contributed by atoms with Gasteiger partial charge in [-0.15, -0.1) is 0 Å². The molecular weight excluding hydrogens is 376 g/mol. The molecule has 0 heterocycles. The van der Waals surface area contributed by atoms with Gasteiger partial charge in [-0.25, -0.2) is 0 Å². The predicted molar refractivity (Wildman–Crippen MR) is 130 cm³/mol. The number of Topliss-reactive ketones (excluding diaryl/α,β-unsaturated/α-hetero) is 1. The van der Waals surface area contributed by atoms with Crippen molar-refractivity contribution < 1.29 is 4.79 Å². The van der Waals surface area contributed by atoms with Gasteiger partial charge in [0.05, 0.1) is 0 Å². The Balaban J connectivity index is 1.55. The molecule has 0 aromatic carbocycles. The molecule has 1 heteroatoms. The van der Waals surface area contributed by atoms with Crippen LogP contribution in [0.1, 0.15) is 126 Å². The van der Waals surface area contributed by atoms with E-state index in [1.807, 2.05) is 0 Å². The van der Waals surface area contributed by atoms with Gasteiger partial charge in [-0.05, 0) is 114 Å². The van der Waals surface area contributed by atoms with Crippen molar-refractivity contribution in [1.82, 2.24) is 0 Å². The average molecular weight is 427 g/mol. The maximum atomic E-state index is 12.7. The minimum absolute atomic E-state index is 0.237. The number of fused-ring (bicyclic) bond motifs is 7. The lowest BCUT2D eigenvalue weighted by Crippen LogP contribution is -2.67. The number of hydrogen-bond acceptors (Lipinski definition) is 1. The maximum absolute atomic E-state index is 12.7. The van der Waals surface area contributed by atoms with Crippen LogP contribution in [-0.2, 0) is 4.79 Å². The Labute approximate surface area is 192 Å². The van der Waals surface area contributed by atoms with Crippen molar-refractivity contribution in [3.8, 4) is 0 Å².